The number of rotatable bonds is 2. The minimum absolute atomic E-state index is 0.305. The van der Waals surface area contributed by atoms with Gasteiger partial charge in [0.1, 0.15) is 5.76 Å². The predicted molar refractivity (Wildman–Crippen MR) is 88.2 cm³/mol. The Bertz CT molecular complexity index is 719. The molecule has 2 fully saturated rings. The van der Waals surface area contributed by atoms with Crippen LogP contribution in [0, 0.1) is 5.41 Å². The zero-order chi connectivity index (χ0) is 17.6. The molecule has 25 heavy (non-hydrogen) atoms. The average molecular weight is 345 g/mol. The molecular formula is C19H23NO5. The zero-order valence-electron chi connectivity index (χ0n) is 14.7. The molecule has 134 valence electrons. The van der Waals surface area contributed by atoms with Crippen molar-refractivity contribution in [2.75, 3.05) is 0 Å². The summed E-state index contributed by atoms with van der Waals surface area (Å²) in [6.07, 6.45) is 9.72. The Balaban J connectivity index is 1.84. The molecular weight excluding hydrogens is 322 g/mol. The Labute approximate surface area is 147 Å². The fourth-order valence-corrected chi connectivity index (χ4v) is 4.58. The summed E-state index contributed by atoms with van der Waals surface area (Å²) in [5, 5.41) is 0. The lowest BCUT2D eigenvalue weighted by Gasteiger charge is -2.44. The van der Waals surface area contributed by atoms with Gasteiger partial charge < -0.3 is 14.2 Å². The first-order chi connectivity index (χ1) is 12.0. The zero-order valence-corrected chi connectivity index (χ0v) is 14.7. The van der Waals surface area contributed by atoms with Crippen molar-refractivity contribution in [3.8, 4) is 0 Å². The topological polar surface area (TPSA) is 65.1 Å². The van der Waals surface area contributed by atoms with Gasteiger partial charge in [-0.2, -0.15) is 0 Å². The molecule has 2 unspecified atom stereocenters. The number of nitrogens with zero attached hydrogens (tertiary/aromatic N) is 1. The van der Waals surface area contributed by atoms with Crippen LogP contribution in [0.3, 0.4) is 0 Å². The summed E-state index contributed by atoms with van der Waals surface area (Å²) >= 11 is 0. The molecule has 2 atom stereocenters. The molecule has 1 aliphatic carbocycles. The summed E-state index contributed by atoms with van der Waals surface area (Å²) in [6, 6.07) is 0. The first-order valence-corrected chi connectivity index (χ1v) is 8.97. The van der Waals surface area contributed by atoms with Gasteiger partial charge in [-0.05, 0) is 32.1 Å². The molecule has 4 aliphatic rings. The SMILES string of the molecule is CC(=O)OC1=C2CCCCC23CC(OC(C)=O)OC3=C2CCC=CN21. The number of allylic oxidation sites excluding steroid dienone is 3. The average Bonchev–Trinajstić information content (AvgIpc) is 2.91. The van der Waals surface area contributed by atoms with Gasteiger partial charge in [0.25, 0.3) is 0 Å². The molecule has 3 heterocycles. The standard InChI is InChI=1S/C19H23NO5/c1-12(21)23-16-11-19-9-5-3-7-14(19)18(24-13(2)22)20-10-6-4-8-15(20)17(19)25-16/h6,10,16H,3-5,7-9,11H2,1-2H3. The monoisotopic (exact) mass is 345 g/mol. The van der Waals surface area contributed by atoms with E-state index in [4.69, 9.17) is 14.2 Å². The molecule has 0 amide bonds. The molecule has 0 aromatic rings. The largest absolute Gasteiger partial charge is 0.456 e. The van der Waals surface area contributed by atoms with Crippen LogP contribution in [0.25, 0.3) is 0 Å². The number of esters is 2. The fraction of sp³-hybridized carbons (Fsp3) is 0.579. The first kappa shape index (κ1) is 16.2. The van der Waals surface area contributed by atoms with Crippen LogP contribution in [0.4, 0.5) is 0 Å². The van der Waals surface area contributed by atoms with Crippen molar-refractivity contribution in [1.82, 2.24) is 4.90 Å². The van der Waals surface area contributed by atoms with Gasteiger partial charge in [-0.15, -0.1) is 0 Å². The Morgan fingerprint density at radius 3 is 2.84 bits per heavy atom. The van der Waals surface area contributed by atoms with Crippen molar-refractivity contribution < 1.29 is 23.8 Å². The number of ether oxygens (including phenoxy) is 3. The maximum atomic E-state index is 11.7. The second-order valence-electron chi connectivity index (χ2n) is 7.10. The van der Waals surface area contributed by atoms with Gasteiger partial charge in [0.15, 0.2) is 0 Å². The van der Waals surface area contributed by atoms with Crippen molar-refractivity contribution in [3.63, 3.8) is 0 Å². The van der Waals surface area contributed by atoms with Crippen LogP contribution in [-0.4, -0.2) is 23.1 Å². The Kier molecular flexibility index (Phi) is 3.85. The molecule has 6 heteroatoms. The summed E-state index contributed by atoms with van der Waals surface area (Å²) in [5.74, 6) is 0.885. The van der Waals surface area contributed by atoms with Gasteiger partial charge in [-0.3, -0.25) is 14.5 Å². The number of carbonyl (C=O) groups is 2. The molecule has 0 radical (unpaired) electrons. The quantitative estimate of drug-likeness (QED) is 0.714. The second kappa shape index (κ2) is 5.93. The maximum absolute atomic E-state index is 11.7. The second-order valence-corrected chi connectivity index (χ2v) is 7.10. The minimum Gasteiger partial charge on any atom is -0.456 e. The molecule has 1 saturated heterocycles. The highest BCUT2D eigenvalue weighted by molar-refractivity contribution is 5.68. The minimum atomic E-state index is -0.572. The summed E-state index contributed by atoms with van der Waals surface area (Å²) < 4.78 is 17.2. The molecule has 0 aromatic carbocycles. The van der Waals surface area contributed by atoms with Gasteiger partial charge in [0.05, 0.1) is 11.1 Å². The van der Waals surface area contributed by atoms with Crippen LogP contribution in [0.15, 0.2) is 35.2 Å². The van der Waals surface area contributed by atoms with Crippen molar-refractivity contribution in [3.05, 3.63) is 35.2 Å². The van der Waals surface area contributed by atoms with E-state index in [2.05, 4.69) is 6.08 Å². The van der Waals surface area contributed by atoms with E-state index >= 15 is 0 Å². The summed E-state index contributed by atoms with van der Waals surface area (Å²) in [6.45, 7) is 2.83. The van der Waals surface area contributed by atoms with E-state index in [0.717, 1.165) is 55.6 Å². The highest BCUT2D eigenvalue weighted by Crippen LogP contribution is 2.60. The van der Waals surface area contributed by atoms with Crippen molar-refractivity contribution in [2.45, 2.75) is 65.1 Å². The van der Waals surface area contributed by atoms with Crippen LogP contribution in [0.2, 0.25) is 0 Å². The predicted octanol–water partition coefficient (Wildman–Crippen LogP) is 3.47. The highest BCUT2D eigenvalue weighted by Gasteiger charge is 2.56. The van der Waals surface area contributed by atoms with E-state index in [1.54, 1.807) is 0 Å². The van der Waals surface area contributed by atoms with Gasteiger partial charge in [0.2, 0.25) is 12.2 Å². The number of hydrogen-bond donors (Lipinski definition) is 0. The molecule has 0 aromatic heterocycles. The van der Waals surface area contributed by atoms with E-state index in [9.17, 15) is 9.59 Å². The Morgan fingerprint density at radius 1 is 1.24 bits per heavy atom. The lowest BCUT2D eigenvalue weighted by molar-refractivity contribution is -0.163. The molecule has 4 rings (SSSR count). The Morgan fingerprint density at radius 2 is 2.08 bits per heavy atom. The fourth-order valence-electron chi connectivity index (χ4n) is 4.58. The van der Waals surface area contributed by atoms with Gasteiger partial charge in [-0.1, -0.05) is 12.5 Å². The third kappa shape index (κ3) is 2.55. The van der Waals surface area contributed by atoms with Gasteiger partial charge >= 0.3 is 11.9 Å². The lowest BCUT2D eigenvalue weighted by Crippen LogP contribution is -2.39. The van der Waals surface area contributed by atoms with Crippen LogP contribution in [-0.2, 0) is 23.8 Å². The highest BCUT2D eigenvalue weighted by atomic mass is 16.7. The molecule has 1 spiro atoms. The van der Waals surface area contributed by atoms with E-state index in [1.165, 1.54) is 13.8 Å². The molecule has 1 saturated carbocycles. The van der Waals surface area contributed by atoms with Crippen LogP contribution in [0.5, 0.6) is 0 Å². The summed E-state index contributed by atoms with van der Waals surface area (Å²) in [7, 11) is 0. The number of carbonyl (C=O) groups excluding carboxylic acids is 2. The molecule has 6 nitrogen and oxygen atoms in total. The molecule has 3 aliphatic heterocycles. The molecule has 0 bridgehead atoms. The van der Waals surface area contributed by atoms with E-state index in [1.807, 2.05) is 11.1 Å². The summed E-state index contributed by atoms with van der Waals surface area (Å²) in [4.78, 5) is 25.1. The normalized spacial score (nSPS) is 30.3. The maximum Gasteiger partial charge on any atom is 0.309 e. The first-order valence-electron chi connectivity index (χ1n) is 8.97. The van der Waals surface area contributed by atoms with Crippen molar-refractivity contribution in [2.24, 2.45) is 5.41 Å². The third-order valence-corrected chi connectivity index (χ3v) is 5.43. The summed E-state index contributed by atoms with van der Waals surface area (Å²) in [5.41, 5.74) is 1.83. The van der Waals surface area contributed by atoms with E-state index < -0.39 is 6.29 Å². The number of fused-ring (bicyclic) bond motifs is 1. The third-order valence-electron chi connectivity index (χ3n) is 5.43. The van der Waals surface area contributed by atoms with Crippen molar-refractivity contribution >= 4 is 11.9 Å². The smallest absolute Gasteiger partial charge is 0.309 e. The lowest BCUT2D eigenvalue weighted by atomic mass is 9.66. The molecule has 0 N–H and O–H groups in total. The van der Waals surface area contributed by atoms with Crippen LogP contribution >= 0.6 is 0 Å². The number of hydrogen-bond acceptors (Lipinski definition) is 6. The van der Waals surface area contributed by atoms with Gasteiger partial charge in [-0.25, -0.2) is 0 Å². The van der Waals surface area contributed by atoms with E-state index in [-0.39, 0.29) is 17.4 Å². The van der Waals surface area contributed by atoms with E-state index in [0.29, 0.717) is 12.3 Å². The Hall–Kier alpha value is -2.24. The van der Waals surface area contributed by atoms with Crippen LogP contribution < -0.4 is 0 Å². The van der Waals surface area contributed by atoms with Crippen molar-refractivity contribution in [1.29, 1.82) is 0 Å². The van der Waals surface area contributed by atoms with Crippen LogP contribution in [0.1, 0.15) is 58.8 Å². The van der Waals surface area contributed by atoms with Gasteiger partial charge in [0, 0.05) is 32.0 Å².